The van der Waals surface area contributed by atoms with Crippen LogP contribution >= 0.6 is 0 Å². The lowest BCUT2D eigenvalue weighted by atomic mass is 9.96. The highest BCUT2D eigenvalue weighted by molar-refractivity contribution is 5.95. The van der Waals surface area contributed by atoms with Gasteiger partial charge in [-0.25, -0.2) is 14.5 Å². The number of carbonyl (C=O) groups is 2. The van der Waals surface area contributed by atoms with E-state index < -0.39 is 11.7 Å². The molecule has 0 bridgehead atoms. The standard InChI is InChI=1S/C24H31F3N6O2/c1-16(2)21-19(15-29-33(21)20-9-8-17(14-28-20)24(25,26)27)22(34)31-10-12-32(13-11-31)23(35)30-18-6-4-3-5-7-18/h8-9,14-16,18H,3-7,10-13H2,1-2H3,(H,30,35). The minimum Gasteiger partial charge on any atom is -0.335 e. The average molecular weight is 493 g/mol. The summed E-state index contributed by atoms with van der Waals surface area (Å²) >= 11 is 0. The summed E-state index contributed by atoms with van der Waals surface area (Å²) in [5.41, 5.74) is 0.128. The zero-order valence-corrected chi connectivity index (χ0v) is 20.0. The average Bonchev–Trinajstić information content (AvgIpc) is 3.29. The second-order valence-electron chi connectivity index (χ2n) is 9.48. The summed E-state index contributed by atoms with van der Waals surface area (Å²) in [5.74, 6) is -0.118. The Labute approximate surface area is 202 Å². The third-order valence-corrected chi connectivity index (χ3v) is 6.66. The van der Waals surface area contributed by atoms with E-state index in [4.69, 9.17) is 0 Å². The van der Waals surface area contributed by atoms with Crippen molar-refractivity contribution in [3.05, 3.63) is 41.3 Å². The molecule has 11 heteroatoms. The van der Waals surface area contributed by atoms with Crippen molar-refractivity contribution in [3.8, 4) is 5.82 Å². The van der Waals surface area contributed by atoms with Gasteiger partial charge in [-0.2, -0.15) is 18.3 Å². The van der Waals surface area contributed by atoms with Crippen LogP contribution in [0, 0.1) is 0 Å². The molecule has 1 saturated carbocycles. The number of amides is 3. The molecule has 2 aromatic rings. The van der Waals surface area contributed by atoms with Gasteiger partial charge in [-0.3, -0.25) is 4.79 Å². The zero-order valence-electron chi connectivity index (χ0n) is 20.0. The van der Waals surface area contributed by atoms with Crippen molar-refractivity contribution >= 4 is 11.9 Å². The normalized spacial score (nSPS) is 17.7. The van der Waals surface area contributed by atoms with Gasteiger partial charge in [0.15, 0.2) is 5.82 Å². The molecule has 0 aromatic carbocycles. The van der Waals surface area contributed by atoms with Gasteiger partial charge in [0.1, 0.15) is 0 Å². The fourth-order valence-corrected chi connectivity index (χ4v) is 4.74. The monoisotopic (exact) mass is 492 g/mol. The Balaban J connectivity index is 1.43. The maximum atomic E-state index is 13.3. The molecule has 1 aliphatic carbocycles. The van der Waals surface area contributed by atoms with Crippen LogP contribution in [0.4, 0.5) is 18.0 Å². The summed E-state index contributed by atoms with van der Waals surface area (Å²) in [6.07, 6.45) is 3.26. The van der Waals surface area contributed by atoms with Crippen LogP contribution in [-0.4, -0.2) is 68.7 Å². The lowest BCUT2D eigenvalue weighted by Gasteiger charge is -2.36. The van der Waals surface area contributed by atoms with Gasteiger partial charge in [0.25, 0.3) is 5.91 Å². The topological polar surface area (TPSA) is 83.4 Å². The molecule has 190 valence electrons. The van der Waals surface area contributed by atoms with Gasteiger partial charge in [0, 0.05) is 38.4 Å². The Bertz CT molecular complexity index is 1040. The van der Waals surface area contributed by atoms with Gasteiger partial charge in [-0.15, -0.1) is 0 Å². The zero-order chi connectivity index (χ0) is 25.2. The van der Waals surface area contributed by atoms with E-state index in [0.717, 1.165) is 37.9 Å². The number of halogens is 3. The lowest BCUT2D eigenvalue weighted by Crippen LogP contribution is -2.54. The summed E-state index contributed by atoms with van der Waals surface area (Å²) in [6, 6.07) is 2.36. The largest absolute Gasteiger partial charge is 0.417 e. The maximum absolute atomic E-state index is 13.3. The second-order valence-corrected chi connectivity index (χ2v) is 9.48. The predicted octanol–water partition coefficient (Wildman–Crippen LogP) is 4.21. The second kappa shape index (κ2) is 10.2. The van der Waals surface area contributed by atoms with E-state index >= 15 is 0 Å². The fraction of sp³-hybridized carbons (Fsp3) is 0.583. The maximum Gasteiger partial charge on any atom is 0.417 e. The number of urea groups is 1. The molecule has 1 N–H and O–H groups in total. The molecule has 8 nitrogen and oxygen atoms in total. The third-order valence-electron chi connectivity index (χ3n) is 6.66. The molecular formula is C24H31F3N6O2. The molecule has 1 saturated heterocycles. The van der Waals surface area contributed by atoms with E-state index in [1.807, 2.05) is 13.8 Å². The number of pyridine rings is 1. The van der Waals surface area contributed by atoms with Crippen LogP contribution in [0.2, 0.25) is 0 Å². The number of aromatic nitrogens is 3. The molecule has 0 radical (unpaired) electrons. The highest BCUT2D eigenvalue weighted by Crippen LogP contribution is 2.30. The molecule has 0 unspecified atom stereocenters. The summed E-state index contributed by atoms with van der Waals surface area (Å²) in [7, 11) is 0. The molecule has 4 rings (SSSR count). The van der Waals surface area contributed by atoms with E-state index in [0.29, 0.717) is 37.4 Å². The van der Waals surface area contributed by atoms with Crippen molar-refractivity contribution in [1.82, 2.24) is 29.9 Å². The van der Waals surface area contributed by atoms with E-state index in [9.17, 15) is 22.8 Å². The van der Waals surface area contributed by atoms with Crippen LogP contribution in [0.25, 0.3) is 5.82 Å². The predicted molar refractivity (Wildman–Crippen MR) is 123 cm³/mol. The highest BCUT2D eigenvalue weighted by Gasteiger charge is 2.32. The summed E-state index contributed by atoms with van der Waals surface area (Å²) < 4.78 is 40.1. The van der Waals surface area contributed by atoms with E-state index in [1.165, 1.54) is 23.4 Å². The molecule has 2 fully saturated rings. The van der Waals surface area contributed by atoms with Gasteiger partial charge in [0.2, 0.25) is 0 Å². The molecule has 0 spiro atoms. The smallest absolute Gasteiger partial charge is 0.335 e. The Kier molecular flexibility index (Phi) is 7.32. The van der Waals surface area contributed by atoms with Crippen LogP contribution in [0.1, 0.15) is 73.5 Å². The van der Waals surface area contributed by atoms with Gasteiger partial charge in [-0.1, -0.05) is 33.1 Å². The number of rotatable bonds is 4. The number of piperazine rings is 1. The Morgan fingerprint density at radius 2 is 1.66 bits per heavy atom. The van der Waals surface area contributed by atoms with Crippen molar-refractivity contribution < 1.29 is 22.8 Å². The minimum atomic E-state index is -4.48. The highest BCUT2D eigenvalue weighted by atomic mass is 19.4. The number of nitrogens with one attached hydrogen (secondary N) is 1. The first-order valence-electron chi connectivity index (χ1n) is 12.1. The minimum absolute atomic E-state index is 0.0759. The van der Waals surface area contributed by atoms with Crippen molar-refractivity contribution in [3.63, 3.8) is 0 Å². The first kappa shape index (κ1) is 25.0. The molecule has 35 heavy (non-hydrogen) atoms. The van der Waals surface area contributed by atoms with E-state index in [-0.39, 0.29) is 29.7 Å². The molecule has 3 heterocycles. The van der Waals surface area contributed by atoms with Gasteiger partial charge in [0.05, 0.1) is 23.0 Å². The lowest BCUT2D eigenvalue weighted by molar-refractivity contribution is -0.137. The van der Waals surface area contributed by atoms with Crippen LogP contribution in [-0.2, 0) is 6.18 Å². The Morgan fingerprint density at radius 3 is 2.23 bits per heavy atom. The number of hydrogen-bond acceptors (Lipinski definition) is 4. The summed E-state index contributed by atoms with van der Waals surface area (Å²) in [5, 5.41) is 7.39. The number of alkyl halides is 3. The molecule has 1 aliphatic heterocycles. The molecule has 2 aromatic heterocycles. The first-order chi connectivity index (χ1) is 16.6. The number of hydrogen-bond donors (Lipinski definition) is 1. The molecule has 3 amide bonds. The summed E-state index contributed by atoms with van der Waals surface area (Å²) in [4.78, 5) is 33.3. The molecule has 0 atom stereocenters. The number of carbonyl (C=O) groups excluding carboxylic acids is 2. The number of nitrogens with zero attached hydrogens (tertiary/aromatic N) is 5. The van der Waals surface area contributed by atoms with Crippen LogP contribution in [0.3, 0.4) is 0 Å². The third kappa shape index (κ3) is 5.59. The Morgan fingerprint density at radius 1 is 1.00 bits per heavy atom. The van der Waals surface area contributed by atoms with Crippen molar-refractivity contribution in [2.45, 2.75) is 64.1 Å². The quantitative estimate of drug-likeness (QED) is 0.693. The van der Waals surface area contributed by atoms with Gasteiger partial charge in [-0.05, 0) is 30.9 Å². The van der Waals surface area contributed by atoms with Crippen LogP contribution < -0.4 is 5.32 Å². The summed E-state index contributed by atoms with van der Waals surface area (Å²) in [6.45, 7) is 5.46. The van der Waals surface area contributed by atoms with Crippen molar-refractivity contribution in [1.29, 1.82) is 0 Å². The van der Waals surface area contributed by atoms with E-state index in [2.05, 4.69) is 15.4 Å². The molecule has 2 aliphatic rings. The van der Waals surface area contributed by atoms with Gasteiger partial charge < -0.3 is 15.1 Å². The fourth-order valence-electron chi connectivity index (χ4n) is 4.74. The first-order valence-corrected chi connectivity index (χ1v) is 12.1. The van der Waals surface area contributed by atoms with E-state index in [1.54, 1.807) is 9.80 Å². The van der Waals surface area contributed by atoms with Crippen LogP contribution in [0.15, 0.2) is 24.5 Å². The van der Waals surface area contributed by atoms with Crippen molar-refractivity contribution in [2.75, 3.05) is 26.2 Å². The van der Waals surface area contributed by atoms with Gasteiger partial charge >= 0.3 is 12.2 Å². The SMILES string of the molecule is CC(C)c1c(C(=O)N2CCN(C(=O)NC3CCCCC3)CC2)cnn1-c1ccc(C(F)(F)F)cn1. The van der Waals surface area contributed by atoms with Crippen LogP contribution in [0.5, 0.6) is 0 Å². The Hall–Kier alpha value is -3.11. The molecular weight excluding hydrogens is 461 g/mol. The van der Waals surface area contributed by atoms with Crippen molar-refractivity contribution in [2.24, 2.45) is 0 Å².